The van der Waals surface area contributed by atoms with Crippen molar-refractivity contribution in [2.45, 2.75) is 19.5 Å². The van der Waals surface area contributed by atoms with Crippen molar-refractivity contribution in [2.24, 2.45) is 0 Å². The number of hydrogen-bond donors (Lipinski definition) is 1. The van der Waals surface area contributed by atoms with Gasteiger partial charge >= 0.3 is 12.1 Å². The second-order valence-electron chi connectivity index (χ2n) is 3.46. The number of hydrogen-bond acceptors (Lipinski definition) is 4. The third-order valence-corrected chi connectivity index (χ3v) is 2.28. The molecule has 0 aliphatic rings. The number of fused-ring (bicyclic) bond motifs is 1. The monoisotopic (exact) mass is 260 g/mol. The number of carboxylic acids is 1. The Morgan fingerprint density at radius 3 is 2.67 bits per heavy atom. The average molecular weight is 260 g/mol. The number of aromatic nitrogens is 4. The lowest BCUT2D eigenvalue weighted by atomic mass is 10.2. The third kappa shape index (κ3) is 1.87. The van der Waals surface area contributed by atoms with Crippen LogP contribution in [-0.4, -0.2) is 30.9 Å². The number of carboxylic acid groups (broad SMARTS) is 1. The first kappa shape index (κ1) is 12.3. The molecule has 0 fully saturated rings. The van der Waals surface area contributed by atoms with E-state index in [1.165, 1.54) is 6.07 Å². The molecule has 0 unspecified atom stereocenters. The molecular formula is C9H7F3N4O2. The van der Waals surface area contributed by atoms with E-state index in [4.69, 9.17) is 5.11 Å². The van der Waals surface area contributed by atoms with Crippen LogP contribution >= 0.6 is 0 Å². The summed E-state index contributed by atoms with van der Waals surface area (Å²) in [6.45, 7) is 1.65. The Kier molecular flexibility index (Phi) is 2.68. The van der Waals surface area contributed by atoms with Crippen molar-refractivity contribution in [2.75, 3.05) is 0 Å². The van der Waals surface area contributed by atoms with Gasteiger partial charge in [-0.2, -0.15) is 17.7 Å². The molecular weight excluding hydrogens is 253 g/mol. The van der Waals surface area contributed by atoms with Gasteiger partial charge in [-0.3, -0.25) is 0 Å². The first-order valence-corrected chi connectivity index (χ1v) is 4.90. The summed E-state index contributed by atoms with van der Waals surface area (Å²) in [5.41, 5.74) is -2.06. The van der Waals surface area contributed by atoms with E-state index in [0.717, 1.165) is 0 Å². The standard InChI is InChI=1S/C9H7F3N4O2/c1-2-4-3-5(8(17)18)16-7(13-4)6(14-15-16)9(10,11)12/h3H,2H2,1H3,(H,17,18). The van der Waals surface area contributed by atoms with Crippen LogP contribution in [0, 0.1) is 0 Å². The minimum absolute atomic E-state index is 0.229. The molecule has 2 aromatic heterocycles. The van der Waals surface area contributed by atoms with Gasteiger partial charge in [-0.05, 0) is 12.5 Å². The first-order valence-electron chi connectivity index (χ1n) is 4.90. The summed E-state index contributed by atoms with van der Waals surface area (Å²) in [6.07, 6.45) is -4.42. The Bertz CT molecular complexity index is 620. The molecule has 0 radical (unpaired) electrons. The Balaban J connectivity index is 2.81. The first-order chi connectivity index (χ1) is 8.34. The van der Waals surface area contributed by atoms with Gasteiger partial charge < -0.3 is 5.11 Å². The van der Waals surface area contributed by atoms with Gasteiger partial charge in [-0.25, -0.2) is 9.78 Å². The van der Waals surface area contributed by atoms with Gasteiger partial charge in [0.2, 0.25) is 5.69 Å². The Labute approximate surface area is 98.1 Å². The largest absolute Gasteiger partial charge is 0.477 e. The fraction of sp³-hybridized carbons (Fsp3) is 0.333. The van der Waals surface area contributed by atoms with Crippen molar-refractivity contribution < 1.29 is 23.1 Å². The molecule has 0 saturated carbocycles. The zero-order chi connectivity index (χ0) is 13.5. The minimum atomic E-state index is -4.73. The highest BCUT2D eigenvalue weighted by Gasteiger charge is 2.38. The molecule has 18 heavy (non-hydrogen) atoms. The molecule has 96 valence electrons. The summed E-state index contributed by atoms with van der Waals surface area (Å²) >= 11 is 0. The Morgan fingerprint density at radius 1 is 1.50 bits per heavy atom. The highest BCUT2D eigenvalue weighted by atomic mass is 19.4. The number of alkyl halides is 3. The second kappa shape index (κ2) is 3.93. The Hall–Kier alpha value is -2.19. The van der Waals surface area contributed by atoms with Crippen LogP contribution in [0.5, 0.6) is 0 Å². The third-order valence-electron chi connectivity index (χ3n) is 2.28. The van der Waals surface area contributed by atoms with E-state index in [1.807, 2.05) is 0 Å². The predicted octanol–water partition coefficient (Wildman–Crippen LogP) is 1.40. The maximum Gasteiger partial charge on any atom is 0.439 e. The van der Waals surface area contributed by atoms with Crippen LogP contribution in [0.1, 0.15) is 28.8 Å². The number of halogens is 3. The molecule has 0 aliphatic heterocycles. The highest BCUT2D eigenvalue weighted by molar-refractivity contribution is 5.86. The van der Waals surface area contributed by atoms with Crippen LogP contribution < -0.4 is 0 Å². The minimum Gasteiger partial charge on any atom is -0.477 e. The molecule has 2 aromatic rings. The van der Waals surface area contributed by atoms with E-state index in [9.17, 15) is 18.0 Å². The van der Waals surface area contributed by atoms with Gasteiger partial charge in [-0.15, -0.1) is 5.10 Å². The SMILES string of the molecule is CCc1cc(C(=O)O)n2nnc(C(F)(F)F)c2n1. The molecule has 0 spiro atoms. The fourth-order valence-corrected chi connectivity index (χ4v) is 1.44. The van der Waals surface area contributed by atoms with E-state index in [2.05, 4.69) is 15.3 Å². The van der Waals surface area contributed by atoms with E-state index < -0.39 is 29.2 Å². The van der Waals surface area contributed by atoms with Crippen molar-refractivity contribution in [3.8, 4) is 0 Å². The summed E-state index contributed by atoms with van der Waals surface area (Å²) in [4.78, 5) is 14.7. The van der Waals surface area contributed by atoms with Crippen LogP contribution in [0.25, 0.3) is 5.65 Å². The molecule has 6 nitrogen and oxygen atoms in total. The molecule has 0 amide bonds. The summed E-state index contributed by atoms with van der Waals surface area (Å²) in [5.74, 6) is -1.39. The van der Waals surface area contributed by atoms with Crippen LogP contribution in [0.4, 0.5) is 13.2 Å². The van der Waals surface area contributed by atoms with Gasteiger partial charge in [0.1, 0.15) is 0 Å². The number of aromatic carboxylic acids is 1. The summed E-state index contributed by atoms with van der Waals surface area (Å²) in [6, 6.07) is 1.17. The molecule has 2 heterocycles. The number of aryl methyl sites for hydroxylation is 1. The van der Waals surface area contributed by atoms with E-state index in [1.54, 1.807) is 6.92 Å². The fourth-order valence-electron chi connectivity index (χ4n) is 1.44. The van der Waals surface area contributed by atoms with Gasteiger partial charge in [0, 0.05) is 5.69 Å². The summed E-state index contributed by atoms with van der Waals surface area (Å²) < 4.78 is 38.4. The average Bonchev–Trinajstić information content (AvgIpc) is 2.70. The molecule has 0 atom stereocenters. The molecule has 0 bridgehead atoms. The predicted molar refractivity (Wildman–Crippen MR) is 52.1 cm³/mol. The summed E-state index contributed by atoms with van der Waals surface area (Å²) in [5, 5.41) is 15.0. The quantitative estimate of drug-likeness (QED) is 0.882. The highest BCUT2D eigenvalue weighted by Crippen LogP contribution is 2.30. The van der Waals surface area contributed by atoms with Crippen LogP contribution in [0.15, 0.2) is 6.07 Å². The maximum atomic E-state index is 12.6. The number of nitrogens with zero attached hydrogens (tertiary/aromatic N) is 4. The van der Waals surface area contributed by atoms with Gasteiger partial charge in [0.15, 0.2) is 11.3 Å². The molecule has 0 aliphatic carbocycles. The summed E-state index contributed by atoms with van der Waals surface area (Å²) in [7, 11) is 0. The van der Waals surface area contributed by atoms with E-state index >= 15 is 0 Å². The van der Waals surface area contributed by atoms with Crippen molar-refractivity contribution >= 4 is 11.6 Å². The van der Waals surface area contributed by atoms with Gasteiger partial charge in [0.05, 0.1) is 0 Å². The smallest absolute Gasteiger partial charge is 0.439 e. The van der Waals surface area contributed by atoms with Crippen molar-refractivity contribution in [1.82, 2.24) is 19.8 Å². The lowest BCUT2D eigenvalue weighted by molar-refractivity contribution is -0.140. The molecule has 0 aromatic carbocycles. The zero-order valence-electron chi connectivity index (χ0n) is 9.06. The molecule has 2 rings (SSSR count). The van der Waals surface area contributed by atoms with E-state index in [-0.39, 0.29) is 5.69 Å². The number of carbonyl (C=O) groups is 1. The van der Waals surface area contributed by atoms with Crippen LogP contribution in [0.3, 0.4) is 0 Å². The molecule has 0 saturated heterocycles. The van der Waals surface area contributed by atoms with Crippen molar-refractivity contribution in [3.05, 3.63) is 23.1 Å². The topological polar surface area (TPSA) is 80.4 Å². The molecule has 9 heteroatoms. The van der Waals surface area contributed by atoms with Crippen molar-refractivity contribution in [3.63, 3.8) is 0 Å². The van der Waals surface area contributed by atoms with Gasteiger partial charge in [0.25, 0.3) is 0 Å². The normalized spacial score (nSPS) is 12.0. The number of rotatable bonds is 2. The van der Waals surface area contributed by atoms with Gasteiger partial charge in [-0.1, -0.05) is 12.1 Å². The van der Waals surface area contributed by atoms with Crippen LogP contribution in [0.2, 0.25) is 0 Å². The van der Waals surface area contributed by atoms with Crippen LogP contribution in [-0.2, 0) is 12.6 Å². The molecule has 1 N–H and O–H groups in total. The lowest BCUT2D eigenvalue weighted by Gasteiger charge is -2.04. The Morgan fingerprint density at radius 2 is 2.17 bits per heavy atom. The zero-order valence-corrected chi connectivity index (χ0v) is 9.06. The van der Waals surface area contributed by atoms with Crippen molar-refractivity contribution in [1.29, 1.82) is 0 Å². The van der Waals surface area contributed by atoms with E-state index in [0.29, 0.717) is 10.9 Å². The lowest BCUT2D eigenvalue weighted by Crippen LogP contribution is -2.11. The maximum absolute atomic E-state index is 12.6. The second-order valence-corrected chi connectivity index (χ2v) is 3.46.